The molecule has 1 aromatic rings. The molecular weight excluding hydrogens is 254 g/mol. The van der Waals surface area contributed by atoms with Crippen molar-refractivity contribution < 1.29 is 4.92 Å². The first-order chi connectivity index (χ1) is 5.97. The SMILES string of the molecule is CC(C)(CBr)c1ccc([N+](=O)[O-])s1. The van der Waals surface area contributed by atoms with Crippen molar-refractivity contribution in [2.45, 2.75) is 19.3 Å². The molecule has 0 aliphatic heterocycles. The van der Waals surface area contributed by atoms with Crippen LogP contribution < -0.4 is 0 Å². The molecule has 0 N–H and O–H groups in total. The second-order valence-corrected chi connectivity index (χ2v) is 5.04. The Labute approximate surface area is 89.1 Å². The molecule has 1 rings (SSSR count). The van der Waals surface area contributed by atoms with Gasteiger partial charge in [0.05, 0.1) is 4.92 Å². The number of nitro groups is 1. The Kier molecular flexibility index (Phi) is 3.08. The van der Waals surface area contributed by atoms with Crippen LogP contribution >= 0.6 is 27.3 Å². The van der Waals surface area contributed by atoms with Gasteiger partial charge in [0.25, 0.3) is 0 Å². The zero-order chi connectivity index (χ0) is 10.1. The maximum absolute atomic E-state index is 10.4. The van der Waals surface area contributed by atoms with Gasteiger partial charge in [-0.1, -0.05) is 41.1 Å². The lowest BCUT2D eigenvalue weighted by atomic mass is 9.95. The fraction of sp³-hybridized carbons (Fsp3) is 0.500. The predicted molar refractivity (Wildman–Crippen MR) is 57.8 cm³/mol. The summed E-state index contributed by atoms with van der Waals surface area (Å²) in [6, 6.07) is 3.38. The third-order valence-corrected chi connectivity index (χ3v) is 4.58. The van der Waals surface area contributed by atoms with Gasteiger partial charge in [-0.25, -0.2) is 0 Å². The molecule has 0 spiro atoms. The van der Waals surface area contributed by atoms with Gasteiger partial charge in [-0.15, -0.1) is 0 Å². The molecule has 0 fully saturated rings. The van der Waals surface area contributed by atoms with Crippen molar-refractivity contribution in [2.75, 3.05) is 5.33 Å². The molecule has 0 amide bonds. The maximum atomic E-state index is 10.4. The van der Waals surface area contributed by atoms with Gasteiger partial charge in [0.2, 0.25) is 0 Å². The Morgan fingerprint density at radius 2 is 2.23 bits per heavy atom. The van der Waals surface area contributed by atoms with Crippen molar-refractivity contribution in [1.82, 2.24) is 0 Å². The quantitative estimate of drug-likeness (QED) is 0.477. The monoisotopic (exact) mass is 263 g/mol. The second-order valence-electron chi connectivity index (χ2n) is 3.41. The van der Waals surface area contributed by atoms with Gasteiger partial charge in [-0.05, 0) is 6.07 Å². The molecule has 1 aromatic heterocycles. The van der Waals surface area contributed by atoms with Crippen molar-refractivity contribution in [1.29, 1.82) is 0 Å². The third-order valence-electron chi connectivity index (χ3n) is 1.77. The fourth-order valence-electron chi connectivity index (χ4n) is 0.855. The molecule has 3 nitrogen and oxygen atoms in total. The smallest absolute Gasteiger partial charge is 0.258 e. The van der Waals surface area contributed by atoms with Gasteiger partial charge < -0.3 is 0 Å². The molecule has 0 aliphatic rings. The molecule has 5 heteroatoms. The predicted octanol–water partition coefficient (Wildman–Crippen LogP) is 3.33. The van der Waals surface area contributed by atoms with E-state index in [1.807, 2.05) is 6.07 Å². The Bertz CT molecular complexity index is 322. The van der Waals surface area contributed by atoms with E-state index in [1.165, 1.54) is 11.3 Å². The number of rotatable bonds is 3. The summed E-state index contributed by atoms with van der Waals surface area (Å²) in [5, 5.41) is 11.4. The number of nitrogens with zero attached hydrogens (tertiary/aromatic N) is 1. The van der Waals surface area contributed by atoms with Crippen molar-refractivity contribution in [2.24, 2.45) is 0 Å². The van der Waals surface area contributed by atoms with E-state index in [-0.39, 0.29) is 15.3 Å². The van der Waals surface area contributed by atoms with Crippen molar-refractivity contribution in [3.8, 4) is 0 Å². The normalized spacial score (nSPS) is 11.6. The molecule has 0 atom stereocenters. The van der Waals surface area contributed by atoms with Crippen LogP contribution in [0, 0.1) is 10.1 Å². The lowest BCUT2D eigenvalue weighted by Crippen LogP contribution is -2.16. The zero-order valence-corrected chi connectivity index (χ0v) is 9.81. The summed E-state index contributed by atoms with van der Waals surface area (Å²) in [7, 11) is 0. The van der Waals surface area contributed by atoms with Crippen molar-refractivity contribution in [3.05, 3.63) is 27.1 Å². The minimum absolute atomic E-state index is 0.0288. The van der Waals surface area contributed by atoms with Crippen LogP contribution in [0.3, 0.4) is 0 Å². The minimum atomic E-state index is -0.349. The van der Waals surface area contributed by atoms with Gasteiger partial charge in [0, 0.05) is 21.7 Å². The molecule has 0 saturated carbocycles. The molecule has 72 valence electrons. The van der Waals surface area contributed by atoms with E-state index in [9.17, 15) is 10.1 Å². The Morgan fingerprint density at radius 3 is 2.62 bits per heavy atom. The van der Waals surface area contributed by atoms with Crippen LogP contribution in [0.5, 0.6) is 0 Å². The Hall–Kier alpha value is -0.420. The Balaban J connectivity index is 2.98. The van der Waals surface area contributed by atoms with Gasteiger partial charge in [-0.3, -0.25) is 10.1 Å². The van der Waals surface area contributed by atoms with Crippen LogP contribution in [0.2, 0.25) is 0 Å². The first-order valence-electron chi connectivity index (χ1n) is 3.78. The molecule has 0 bridgehead atoms. The molecule has 0 aromatic carbocycles. The highest BCUT2D eigenvalue weighted by atomic mass is 79.9. The van der Waals surface area contributed by atoms with Gasteiger partial charge in [-0.2, -0.15) is 0 Å². The zero-order valence-electron chi connectivity index (χ0n) is 7.41. The number of hydrogen-bond acceptors (Lipinski definition) is 3. The van der Waals surface area contributed by atoms with Crippen LogP contribution in [-0.2, 0) is 5.41 Å². The average molecular weight is 264 g/mol. The van der Waals surface area contributed by atoms with E-state index in [2.05, 4.69) is 29.8 Å². The van der Waals surface area contributed by atoms with Gasteiger partial charge in [0.1, 0.15) is 0 Å². The topological polar surface area (TPSA) is 43.1 Å². The number of halogens is 1. The molecular formula is C8H10BrNO2S. The number of thiophene rings is 1. The maximum Gasteiger partial charge on any atom is 0.324 e. The summed E-state index contributed by atoms with van der Waals surface area (Å²) in [5.74, 6) is 0. The van der Waals surface area contributed by atoms with E-state index in [0.29, 0.717) is 0 Å². The molecule has 0 radical (unpaired) electrons. The summed E-state index contributed by atoms with van der Waals surface area (Å²) < 4.78 is 0. The van der Waals surface area contributed by atoms with Gasteiger partial charge in [0.15, 0.2) is 0 Å². The van der Waals surface area contributed by atoms with Gasteiger partial charge >= 0.3 is 5.00 Å². The molecule has 0 saturated heterocycles. The highest BCUT2D eigenvalue weighted by Gasteiger charge is 2.23. The van der Waals surface area contributed by atoms with Crippen molar-refractivity contribution >= 4 is 32.3 Å². The van der Waals surface area contributed by atoms with Crippen LogP contribution in [0.4, 0.5) is 5.00 Å². The fourth-order valence-corrected chi connectivity index (χ4v) is 2.26. The van der Waals surface area contributed by atoms with E-state index in [0.717, 1.165) is 10.2 Å². The average Bonchev–Trinajstić information content (AvgIpc) is 2.52. The summed E-state index contributed by atoms with van der Waals surface area (Å²) in [4.78, 5) is 11.1. The lowest BCUT2D eigenvalue weighted by molar-refractivity contribution is -0.380. The molecule has 1 heterocycles. The van der Waals surface area contributed by atoms with E-state index >= 15 is 0 Å². The van der Waals surface area contributed by atoms with Crippen LogP contribution in [0.25, 0.3) is 0 Å². The highest BCUT2D eigenvalue weighted by molar-refractivity contribution is 9.09. The molecule has 0 aliphatic carbocycles. The first kappa shape index (κ1) is 10.7. The van der Waals surface area contributed by atoms with Crippen LogP contribution in [0.15, 0.2) is 12.1 Å². The number of hydrogen-bond donors (Lipinski definition) is 0. The van der Waals surface area contributed by atoms with Crippen molar-refractivity contribution in [3.63, 3.8) is 0 Å². The Morgan fingerprint density at radius 1 is 1.62 bits per heavy atom. The summed E-state index contributed by atoms with van der Waals surface area (Å²) >= 11 is 4.63. The minimum Gasteiger partial charge on any atom is -0.258 e. The summed E-state index contributed by atoms with van der Waals surface area (Å²) in [6.07, 6.45) is 0. The number of alkyl halides is 1. The lowest BCUT2D eigenvalue weighted by Gasteiger charge is -2.18. The van der Waals surface area contributed by atoms with E-state index in [4.69, 9.17) is 0 Å². The summed E-state index contributed by atoms with van der Waals surface area (Å²) in [6.45, 7) is 4.11. The highest BCUT2D eigenvalue weighted by Crippen LogP contribution is 2.34. The van der Waals surface area contributed by atoms with E-state index in [1.54, 1.807) is 6.07 Å². The first-order valence-corrected chi connectivity index (χ1v) is 5.72. The van der Waals surface area contributed by atoms with E-state index < -0.39 is 0 Å². The second kappa shape index (κ2) is 3.75. The molecule has 0 unspecified atom stereocenters. The standard InChI is InChI=1S/C8H10BrNO2S/c1-8(2,5-9)6-3-4-7(13-6)10(11)12/h3-4H,5H2,1-2H3. The third kappa shape index (κ3) is 2.28. The van der Waals surface area contributed by atoms with Crippen LogP contribution in [0.1, 0.15) is 18.7 Å². The largest absolute Gasteiger partial charge is 0.324 e. The van der Waals surface area contributed by atoms with Crippen LogP contribution in [-0.4, -0.2) is 10.3 Å². The summed E-state index contributed by atoms with van der Waals surface area (Å²) in [5.41, 5.74) is -0.0288. The molecule has 13 heavy (non-hydrogen) atoms.